The number of hydrogen-bond donors (Lipinski definition) is 1. The maximum Gasteiger partial charge on any atom is 0.261 e. The predicted octanol–water partition coefficient (Wildman–Crippen LogP) is 4.10. The maximum absolute atomic E-state index is 13.0. The topological polar surface area (TPSA) is 58.6 Å². The number of benzene rings is 2. The van der Waals surface area contributed by atoms with E-state index in [0.29, 0.717) is 25.3 Å². The van der Waals surface area contributed by atoms with E-state index in [4.69, 9.17) is 4.74 Å². The van der Waals surface area contributed by atoms with Gasteiger partial charge >= 0.3 is 0 Å². The van der Waals surface area contributed by atoms with Gasteiger partial charge in [-0.2, -0.15) is 0 Å². The van der Waals surface area contributed by atoms with Gasteiger partial charge in [0.2, 0.25) is 5.91 Å². The Hall–Kier alpha value is -2.82. The number of para-hydroxylation sites is 1. The number of rotatable bonds is 11. The average molecular weight is 397 g/mol. The third-order valence-corrected chi connectivity index (χ3v) is 4.79. The van der Waals surface area contributed by atoms with Crippen LogP contribution in [0.2, 0.25) is 0 Å². The van der Waals surface area contributed by atoms with E-state index in [1.54, 1.807) is 4.90 Å². The van der Waals surface area contributed by atoms with E-state index < -0.39 is 6.04 Å². The fourth-order valence-corrected chi connectivity index (χ4v) is 3.06. The molecular weight excluding hydrogens is 364 g/mol. The molecule has 0 aromatic heterocycles. The molecule has 1 N–H and O–H groups in total. The molecule has 29 heavy (non-hydrogen) atoms. The van der Waals surface area contributed by atoms with E-state index in [0.717, 1.165) is 24.0 Å². The van der Waals surface area contributed by atoms with Crippen molar-refractivity contribution >= 4 is 11.8 Å². The number of unbranched alkanes of at least 4 members (excludes halogenated alkanes) is 1. The molecule has 2 aromatic rings. The fraction of sp³-hybridized carbons (Fsp3) is 0.417. The number of nitrogens with zero attached hydrogens (tertiary/aromatic N) is 1. The van der Waals surface area contributed by atoms with E-state index >= 15 is 0 Å². The Morgan fingerprint density at radius 1 is 1.03 bits per heavy atom. The second kappa shape index (κ2) is 11.9. The highest BCUT2D eigenvalue weighted by Gasteiger charge is 2.28. The lowest BCUT2D eigenvalue weighted by atomic mass is 10.1. The van der Waals surface area contributed by atoms with Gasteiger partial charge in [-0.3, -0.25) is 9.59 Å². The van der Waals surface area contributed by atoms with Gasteiger partial charge in [0.15, 0.2) is 6.61 Å². The Morgan fingerprint density at radius 3 is 2.34 bits per heavy atom. The van der Waals surface area contributed by atoms with Crippen molar-refractivity contribution in [1.29, 1.82) is 0 Å². The van der Waals surface area contributed by atoms with Gasteiger partial charge in [0, 0.05) is 13.1 Å². The molecule has 0 aliphatic rings. The highest BCUT2D eigenvalue weighted by Crippen LogP contribution is 2.15. The van der Waals surface area contributed by atoms with E-state index in [1.165, 1.54) is 0 Å². The van der Waals surface area contributed by atoms with Crippen molar-refractivity contribution in [2.75, 3.05) is 13.2 Å². The molecule has 0 aliphatic heterocycles. The van der Waals surface area contributed by atoms with Crippen molar-refractivity contribution in [1.82, 2.24) is 10.2 Å². The summed E-state index contributed by atoms with van der Waals surface area (Å²) in [6.45, 7) is 6.93. The van der Waals surface area contributed by atoms with Crippen LogP contribution in [0.3, 0.4) is 0 Å². The SMILES string of the molecule is CCCCNC(=O)[C@@H](CC)N(Cc1ccc(C)cc1)C(=O)COc1ccccc1. The molecule has 0 heterocycles. The third-order valence-electron chi connectivity index (χ3n) is 4.79. The van der Waals surface area contributed by atoms with E-state index in [9.17, 15) is 9.59 Å². The summed E-state index contributed by atoms with van der Waals surface area (Å²) >= 11 is 0. The molecule has 0 saturated carbocycles. The van der Waals surface area contributed by atoms with Crippen LogP contribution in [0.25, 0.3) is 0 Å². The molecule has 0 fully saturated rings. The van der Waals surface area contributed by atoms with Gasteiger partial charge in [-0.05, 0) is 37.5 Å². The number of carbonyl (C=O) groups excluding carboxylic acids is 2. The first-order valence-corrected chi connectivity index (χ1v) is 10.4. The summed E-state index contributed by atoms with van der Waals surface area (Å²) in [4.78, 5) is 27.4. The minimum absolute atomic E-state index is 0.103. The lowest BCUT2D eigenvalue weighted by Gasteiger charge is -2.30. The van der Waals surface area contributed by atoms with Crippen LogP contribution in [0.5, 0.6) is 5.75 Å². The van der Waals surface area contributed by atoms with Crippen LogP contribution in [0.15, 0.2) is 54.6 Å². The van der Waals surface area contributed by atoms with Crippen molar-refractivity contribution in [3.63, 3.8) is 0 Å². The summed E-state index contributed by atoms with van der Waals surface area (Å²) in [6, 6.07) is 16.7. The molecule has 5 heteroatoms. The number of hydrogen-bond acceptors (Lipinski definition) is 3. The van der Waals surface area contributed by atoms with Gasteiger partial charge in [0.25, 0.3) is 5.91 Å². The summed E-state index contributed by atoms with van der Waals surface area (Å²) in [7, 11) is 0. The highest BCUT2D eigenvalue weighted by molar-refractivity contribution is 5.88. The molecular formula is C24H32N2O3. The summed E-state index contributed by atoms with van der Waals surface area (Å²) < 4.78 is 5.66. The van der Waals surface area contributed by atoms with Gasteiger partial charge in [0.1, 0.15) is 11.8 Å². The highest BCUT2D eigenvalue weighted by atomic mass is 16.5. The predicted molar refractivity (Wildman–Crippen MR) is 116 cm³/mol. The van der Waals surface area contributed by atoms with Gasteiger partial charge in [-0.1, -0.05) is 68.3 Å². The number of amides is 2. The molecule has 0 aliphatic carbocycles. The quantitative estimate of drug-likeness (QED) is 0.582. The van der Waals surface area contributed by atoms with E-state index in [1.807, 2.05) is 68.4 Å². The Kier molecular flexibility index (Phi) is 9.22. The zero-order valence-corrected chi connectivity index (χ0v) is 17.7. The number of aryl methyl sites for hydroxylation is 1. The zero-order valence-electron chi connectivity index (χ0n) is 17.7. The fourth-order valence-electron chi connectivity index (χ4n) is 3.06. The third kappa shape index (κ3) is 7.26. The van der Waals surface area contributed by atoms with Crippen LogP contribution < -0.4 is 10.1 Å². The standard InChI is InChI=1S/C24H32N2O3/c1-4-6-16-25-24(28)22(5-2)26(17-20-14-12-19(3)13-15-20)23(27)18-29-21-10-8-7-9-11-21/h7-15,22H,4-6,16-18H2,1-3H3,(H,25,28)/t22-/m1/s1. The van der Waals surface area contributed by atoms with E-state index in [-0.39, 0.29) is 18.4 Å². The molecule has 5 nitrogen and oxygen atoms in total. The van der Waals surface area contributed by atoms with Crippen molar-refractivity contribution in [2.45, 2.75) is 52.6 Å². The molecule has 0 bridgehead atoms. The second-order valence-corrected chi connectivity index (χ2v) is 7.18. The van der Waals surface area contributed by atoms with Crippen LogP contribution in [-0.2, 0) is 16.1 Å². The number of ether oxygens (including phenoxy) is 1. The first-order chi connectivity index (χ1) is 14.0. The number of carbonyl (C=O) groups is 2. The molecule has 1 atom stereocenters. The number of nitrogens with one attached hydrogen (secondary N) is 1. The van der Waals surface area contributed by atoms with Crippen molar-refractivity contribution in [3.05, 3.63) is 65.7 Å². The van der Waals surface area contributed by atoms with Gasteiger partial charge in [-0.15, -0.1) is 0 Å². The smallest absolute Gasteiger partial charge is 0.261 e. The Morgan fingerprint density at radius 2 is 1.72 bits per heavy atom. The lowest BCUT2D eigenvalue weighted by Crippen LogP contribution is -2.50. The monoisotopic (exact) mass is 396 g/mol. The van der Waals surface area contributed by atoms with Crippen molar-refractivity contribution < 1.29 is 14.3 Å². The Balaban J connectivity index is 2.14. The molecule has 0 unspecified atom stereocenters. The first kappa shape index (κ1) is 22.5. The summed E-state index contributed by atoms with van der Waals surface area (Å²) in [6.07, 6.45) is 2.47. The second-order valence-electron chi connectivity index (χ2n) is 7.18. The van der Waals surface area contributed by atoms with Crippen LogP contribution >= 0.6 is 0 Å². The first-order valence-electron chi connectivity index (χ1n) is 10.4. The molecule has 0 spiro atoms. The van der Waals surface area contributed by atoms with Crippen LogP contribution in [-0.4, -0.2) is 35.9 Å². The molecule has 2 rings (SSSR count). The molecule has 0 radical (unpaired) electrons. The summed E-state index contributed by atoms with van der Waals surface area (Å²) in [5.74, 6) is 0.324. The van der Waals surface area contributed by atoms with Crippen LogP contribution in [0.4, 0.5) is 0 Å². The summed E-state index contributed by atoms with van der Waals surface area (Å²) in [5.41, 5.74) is 2.15. The van der Waals surface area contributed by atoms with Gasteiger partial charge < -0.3 is 15.0 Å². The lowest BCUT2D eigenvalue weighted by molar-refractivity contribution is -0.143. The van der Waals surface area contributed by atoms with Crippen molar-refractivity contribution in [2.24, 2.45) is 0 Å². The Bertz CT molecular complexity index is 759. The van der Waals surface area contributed by atoms with Gasteiger partial charge in [-0.25, -0.2) is 0 Å². The molecule has 2 amide bonds. The zero-order chi connectivity index (χ0) is 21.1. The Labute approximate surface area is 174 Å². The molecule has 0 saturated heterocycles. The van der Waals surface area contributed by atoms with Crippen LogP contribution in [0, 0.1) is 6.92 Å². The molecule has 2 aromatic carbocycles. The minimum atomic E-state index is -0.528. The summed E-state index contributed by atoms with van der Waals surface area (Å²) in [5, 5.41) is 2.96. The van der Waals surface area contributed by atoms with Crippen LogP contribution in [0.1, 0.15) is 44.2 Å². The largest absolute Gasteiger partial charge is 0.484 e. The average Bonchev–Trinajstić information content (AvgIpc) is 2.74. The maximum atomic E-state index is 13.0. The normalized spacial score (nSPS) is 11.6. The van der Waals surface area contributed by atoms with E-state index in [2.05, 4.69) is 12.2 Å². The van der Waals surface area contributed by atoms with Gasteiger partial charge in [0.05, 0.1) is 0 Å². The molecule has 156 valence electrons. The van der Waals surface area contributed by atoms with Crippen molar-refractivity contribution in [3.8, 4) is 5.75 Å². The minimum Gasteiger partial charge on any atom is -0.484 e.